The van der Waals surface area contributed by atoms with Crippen molar-refractivity contribution >= 4 is 11.8 Å². The molecule has 33 heavy (non-hydrogen) atoms. The van der Waals surface area contributed by atoms with Crippen molar-refractivity contribution in [2.24, 2.45) is 5.92 Å². The summed E-state index contributed by atoms with van der Waals surface area (Å²) in [7, 11) is 0. The van der Waals surface area contributed by atoms with Crippen molar-refractivity contribution in [2.75, 3.05) is 13.1 Å². The number of nitrogens with zero attached hydrogens (tertiary/aromatic N) is 3. The molecule has 0 bridgehead atoms. The second-order valence-electron chi connectivity index (χ2n) is 9.60. The van der Waals surface area contributed by atoms with Gasteiger partial charge in [0, 0.05) is 31.0 Å². The minimum atomic E-state index is -0.230. The molecule has 7 heteroatoms. The van der Waals surface area contributed by atoms with Crippen LogP contribution in [0.4, 0.5) is 0 Å². The summed E-state index contributed by atoms with van der Waals surface area (Å²) in [5, 5.41) is 0. The largest absolute Gasteiger partial charge is 0.337 e. The Hall–Kier alpha value is -2.96. The van der Waals surface area contributed by atoms with Crippen LogP contribution in [-0.4, -0.2) is 44.7 Å². The zero-order chi connectivity index (χ0) is 22.8. The third kappa shape index (κ3) is 4.45. The molecule has 5 rings (SSSR count). The third-order valence-corrected chi connectivity index (χ3v) is 7.45. The number of aromatic nitrogens is 2. The van der Waals surface area contributed by atoms with Crippen LogP contribution in [0.3, 0.4) is 0 Å². The first-order valence-electron chi connectivity index (χ1n) is 12.4. The van der Waals surface area contributed by atoms with Crippen molar-refractivity contribution in [1.82, 2.24) is 19.8 Å². The molecule has 7 nitrogen and oxygen atoms in total. The standard InChI is InChI=1S/C26H32N4O3/c31-24-20-17-29(25(32)18-9-3-1-4-10-18)16-14-21(20)27-23(28-24)22-13-7-8-15-30(22)26(33)19-11-5-2-6-12-19/h2,5-6,11-12,18,22H,1,3-4,7-10,13-17H2,(H,27,28,31). The first-order chi connectivity index (χ1) is 16.1. The van der Waals surface area contributed by atoms with Gasteiger partial charge in [-0.25, -0.2) is 4.98 Å². The Morgan fingerprint density at radius 2 is 1.70 bits per heavy atom. The summed E-state index contributed by atoms with van der Waals surface area (Å²) in [4.78, 5) is 50.8. The lowest BCUT2D eigenvalue weighted by Gasteiger charge is -2.36. The maximum atomic E-state index is 13.2. The van der Waals surface area contributed by atoms with Gasteiger partial charge in [-0.15, -0.1) is 0 Å². The number of fused-ring (bicyclic) bond motifs is 1. The Morgan fingerprint density at radius 1 is 0.939 bits per heavy atom. The van der Waals surface area contributed by atoms with E-state index in [4.69, 9.17) is 4.98 Å². The Morgan fingerprint density at radius 3 is 2.48 bits per heavy atom. The van der Waals surface area contributed by atoms with Crippen LogP contribution in [0.1, 0.15) is 84.8 Å². The van der Waals surface area contributed by atoms with Crippen molar-refractivity contribution in [3.05, 3.63) is 63.3 Å². The number of hydrogen-bond donors (Lipinski definition) is 1. The van der Waals surface area contributed by atoms with E-state index >= 15 is 0 Å². The van der Waals surface area contributed by atoms with Crippen molar-refractivity contribution in [3.8, 4) is 0 Å². The lowest BCUT2D eigenvalue weighted by Crippen LogP contribution is -2.44. The van der Waals surface area contributed by atoms with Crippen molar-refractivity contribution in [1.29, 1.82) is 0 Å². The molecule has 1 aliphatic carbocycles. The molecule has 1 atom stereocenters. The molecule has 2 aromatic rings. The maximum absolute atomic E-state index is 13.2. The van der Waals surface area contributed by atoms with Crippen LogP contribution in [0.25, 0.3) is 0 Å². The minimum absolute atomic E-state index is 0.0232. The van der Waals surface area contributed by atoms with E-state index in [2.05, 4.69) is 4.98 Å². The fraction of sp³-hybridized carbons (Fsp3) is 0.538. The predicted octanol–water partition coefficient (Wildman–Crippen LogP) is 3.60. The highest BCUT2D eigenvalue weighted by Crippen LogP contribution is 2.31. The molecule has 1 aromatic carbocycles. The van der Waals surface area contributed by atoms with Gasteiger partial charge >= 0.3 is 0 Å². The van der Waals surface area contributed by atoms with E-state index < -0.39 is 0 Å². The molecular formula is C26H32N4O3. The number of piperidine rings is 1. The fourth-order valence-corrected chi connectivity index (χ4v) is 5.60. The molecule has 1 N–H and O–H groups in total. The molecular weight excluding hydrogens is 416 g/mol. The third-order valence-electron chi connectivity index (χ3n) is 7.45. The molecule has 0 spiro atoms. The van der Waals surface area contributed by atoms with Gasteiger partial charge in [0.15, 0.2) is 0 Å². The molecule has 174 valence electrons. The second kappa shape index (κ2) is 9.49. The number of benzene rings is 1. The fourth-order valence-electron chi connectivity index (χ4n) is 5.60. The SMILES string of the molecule is O=C(C1CCCCC1)N1CCc2nc(C3CCCCN3C(=O)c3ccccc3)[nH]c(=O)c2C1. The normalized spacial score (nSPS) is 21.5. The van der Waals surface area contributed by atoms with Gasteiger partial charge in [0.1, 0.15) is 5.82 Å². The highest BCUT2D eigenvalue weighted by atomic mass is 16.2. The summed E-state index contributed by atoms with van der Waals surface area (Å²) >= 11 is 0. The van der Waals surface area contributed by atoms with Crippen molar-refractivity contribution < 1.29 is 9.59 Å². The average molecular weight is 449 g/mol. The van der Waals surface area contributed by atoms with Gasteiger partial charge in [-0.1, -0.05) is 37.5 Å². The van der Waals surface area contributed by atoms with Crippen LogP contribution in [0.15, 0.2) is 35.1 Å². The summed E-state index contributed by atoms with van der Waals surface area (Å²) in [6.07, 6.45) is 8.68. The number of carbonyl (C=O) groups excluding carboxylic acids is 2. The topological polar surface area (TPSA) is 86.4 Å². The zero-order valence-electron chi connectivity index (χ0n) is 19.1. The van der Waals surface area contributed by atoms with Gasteiger partial charge in [-0.3, -0.25) is 14.4 Å². The highest BCUT2D eigenvalue weighted by Gasteiger charge is 2.33. The van der Waals surface area contributed by atoms with E-state index in [0.717, 1.165) is 50.6 Å². The Labute approximate surface area is 194 Å². The van der Waals surface area contributed by atoms with Crippen LogP contribution in [0.5, 0.6) is 0 Å². The number of likely N-dealkylation sites (tertiary alicyclic amines) is 1. The molecule has 2 fully saturated rings. The lowest BCUT2D eigenvalue weighted by atomic mass is 9.88. The van der Waals surface area contributed by atoms with E-state index in [0.29, 0.717) is 43.0 Å². The van der Waals surface area contributed by atoms with Crippen LogP contribution in [-0.2, 0) is 17.8 Å². The minimum Gasteiger partial charge on any atom is -0.337 e. The number of nitrogens with one attached hydrogen (secondary N) is 1. The predicted molar refractivity (Wildman–Crippen MR) is 125 cm³/mol. The van der Waals surface area contributed by atoms with Gasteiger partial charge in [0.05, 0.1) is 23.8 Å². The summed E-state index contributed by atoms with van der Waals surface area (Å²) in [5.41, 5.74) is 1.86. The molecule has 3 heterocycles. The first-order valence-corrected chi connectivity index (χ1v) is 12.4. The van der Waals surface area contributed by atoms with Crippen molar-refractivity contribution in [2.45, 2.75) is 70.4 Å². The van der Waals surface area contributed by atoms with Crippen LogP contribution in [0.2, 0.25) is 0 Å². The smallest absolute Gasteiger partial charge is 0.256 e. The number of H-pyrrole nitrogens is 1. The number of amides is 2. The molecule has 2 aliphatic heterocycles. The number of aromatic amines is 1. The average Bonchev–Trinajstić information content (AvgIpc) is 2.88. The van der Waals surface area contributed by atoms with Crippen LogP contribution in [0, 0.1) is 5.92 Å². The van der Waals surface area contributed by atoms with E-state index in [-0.39, 0.29) is 29.3 Å². The molecule has 1 saturated carbocycles. The first kappa shape index (κ1) is 21.9. The Balaban J connectivity index is 1.37. The molecule has 1 aromatic heterocycles. The van der Waals surface area contributed by atoms with Crippen LogP contribution >= 0.6 is 0 Å². The van der Waals surface area contributed by atoms with Gasteiger partial charge in [-0.05, 0) is 44.2 Å². The quantitative estimate of drug-likeness (QED) is 0.777. The van der Waals surface area contributed by atoms with E-state index in [9.17, 15) is 14.4 Å². The molecule has 1 unspecified atom stereocenters. The Kier molecular flexibility index (Phi) is 6.29. The molecule has 1 saturated heterocycles. The summed E-state index contributed by atoms with van der Waals surface area (Å²) in [6.45, 7) is 1.60. The van der Waals surface area contributed by atoms with Gasteiger partial charge in [0.2, 0.25) is 5.91 Å². The van der Waals surface area contributed by atoms with Gasteiger partial charge in [0.25, 0.3) is 11.5 Å². The van der Waals surface area contributed by atoms with E-state index in [1.54, 1.807) is 0 Å². The summed E-state index contributed by atoms with van der Waals surface area (Å²) in [5.74, 6) is 0.849. The Bertz CT molecular complexity index is 1070. The number of hydrogen-bond acceptors (Lipinski definition) is 4. The maximum Gasteiger partial charge on any atom is 0.256 e. The highest BCUT2D eigenvalue weighted by molar-refractivity contribution is 5.94. The second-order valence-corrected chi connectivity index (χ2v) is 9.60. The van der Waals surface area contributed by atoms with Crippen molar-refractivity contribution in [3.63, 3.8) is 0 Å². The lowest BCUT2D eigenvalue weighted by molar-refractivity contribution is -0.137. The monoisotopic (exact) mass is 448 g/mol. The number of carbonyl (C=O) groups is 2. The van der Waals surface area contributed by atoms with E-state index in [1.165, 1.54) is 6.42 Å². The molecule has 3 aliphatic rings. The molecule has 0 radical (unpaired) electrons. The van der Waals surface area contributed by atoms with Gasteiger partial charge < -0.3 is 14.8 Å². The number of rotatable bonds is 3. The van der Waals surface area contributed by atoms with Gasteiger partial charge in [-0.2, -0.15) is 0 Å². The van der Waals surface area contributed by atoms with E-state index in [1.807, 2.05) is 40.1 Å². The van der Waals surface area contributed by atoms with Crippen LogP contribution < -0.4 is 5.56 Å². The summed E-state index contributed by atoms with van der Waals surface area (Å²) in [6, 6.07) is 9.06. The zero-order valence-corrected chi connectivity index (χ0v) is 19.1. The summed E-state index contributed by atoms with van der Waals surface area (Å²) < 4.78 is 0. The molecule has 2 amide bonds.